The van der Waals surface area contributed by atoms with Crippen LogP contribution in [0.4, 0.5) is 0 Å². The highest BCUT2D eigenvalue weighted by Gasteiger charge is 2.25. The zero-order valence-electron chi connectivity index (χ0n) is 14.9. The van der Waals surface area contributed by atoms with Crippen molar-refractivity contribution in [2.45, 2.75) is 57.4 Å². The Morgan fingerprint density at radius 3 is 2.73 bits per heavy atom. The Labute approximate surface area is 153 Å². The van der Waals surface area contributed by atoms with E-state index in [9.17, 15) is 9.59 Å². The van der Waals surface area contributed by atoms with E-state index in [2.05, 4.69) is 10.3 Å². The highest BCUT2D eigenvalue weighted by molar-refractivity contribution is 6.05. The van der Waals surface area contributed by atoms with Crippen LogP contribution in [-0.2, 0) is 22.4 Å². The summed E-state index contributed by atoms with van der Waals surface area (Å²) in [5, 5.41) is 3.80. The molecule has 0 saturated heterocycles. The lowest BCUT2D eigenvalue weighted by molar-refractivity contribution is -0.125. The van der Waals surface area contributed by atoms with Gasteiger partial charge in [0.2, 0.25) is 0 Å². The molecule has 1 N–H and O–H groups in total. The van der Waals surface area contributed by atoms with Gasteiger partial charge < -0.3 is 10.1 Å². The SMILES string of the molecule is O=C(COC(=O)c1c2c(nc3ccccc13)CCC2)NC1CCCCC1. The van der Waals surface area contributed by atoms with Crippen molar-refractivity contribution < 1.29 is 14.3 Å². The average Bonchev–Trinajstić information content (AvgIpc) is 3.13. The molecule has 4 rings (SSSR count). The number of hydrogen-bond acceptors (Lipinski definition) is 4. The largest absolute Gasteiger partial charge is 0.452 e. The second-order valence-electron chi connectivity index (χ2n) is 7.26. The van der Waals surface area contributed by atoms with E-state index < -0.39 is 5.97 Å². The van der Waals surface area contributed by atoms with Crippen LogP contribution in [0.2, 0.25) is 0 Å². The highest BCUT2D eigenvalue weighted by Crippen LogP contribution is 2.30. The second kappa shape index (κ2) is 7.44. The number of hydrogen-bond donors (Lipinski definition) is 1. The molecule has 1 fully saturated rings. The third-order valence-electron chi connectivity index (χ3n) is 5.43. The molecule has 0 unspecified atom stereocenters. The number of carbonyl (C=O) groups is 2. The number of para-hydroxylation sites is 1. The third kappa shape index (κ3) is 3.43. The zero-order chi connectivity index (χ0) is 17.9. The van der Waals surface area contributed by atoms with Crippen molar-refractivity contribution in [2.24, 2.45) is 0 Å². The molecule has 0 spiro atoms. The van der Waals surface area contributed by atoms with E-state index in [4.69, 9.17) is 4.74 Å². The van der Waals surface area contributed by atoms with Crippen LogP contribution < -0.4 is 5.32 Å². The second-order valence-corrected chi connectivity index (χ2v) is 7.26. The minimum absolute atomic E-state index is 0.208. The van der Waals surface area contributed by atoms with Gasteiger partial charge in [0.15, 0.2) is 6.61 Å². The van der Waals surface area contributed by atoms with E-state index >= 15 is 0 Å². The molecule has 1 saturated carbocycles. The molecule has 26 heavy (non-hydrogen) atoms. The fraction of sp³-hybridized carbons (Fsp3) is 0.476. The molecule has 136 valence electrons. The Balaban J connectivity index is 1.49. The molecule has 0 radical (unpaired) electrons. The van der Waals surface area contributed by atoms with Gasteiger partial charge >= 0.3 is 5.97 Å². The van der Waals surface area contributed by atoms with Crippen LogP contribution in [0.5, 0.6) is 0 Å². The molecule has 1 amide bonds. The van der Waals surface area contributed by atoms with Crippen molar-refractivity contribution in [1.82, 2.24) is 10.3 Å². The van der Waals surface area contributed by atoms with E-state index in [-0.39, 0.29) is 18.6 Å². The number of nitrogens with one attached hydrogen (secondary N) is 1. The van der Waals surface area contributed by atoms with Crippen LogP contribution in [-0.4, -0.2) is 29.5 Å². The van der Waals surface area contributed by atoms with Crippen molar-refractivity contribution in [3.8, 4) is 0 Å². The van der Waals surface area contributed by atoms with Crippen LogP contribution in [0.3, 0.4) is 0 Å². The number of fused-ring (bicyclic) bond motifs is 2. The van der Waals surface area contributed by atoms with Crippen LogP contribution in [0.1, 0.15) is 60.1 Å². The van der Waals surface area contributed by atoms with E-state index in [0.29, 0.717) is 5.56 Å². The molecule has 5 nitrogen and oxygen atoms in total. The first-order valence-electron chi connectivity index (χ1n) is 9.59. The molecular formula is C21H24N2O3. The smallest absolute Gasteiger partial charge is 0.339 e. The number of rotatable bonds is 4. The van der Waals surface area contributed by atoms with Gasteiger partial charge in [-0.05, 0) is 43.7 Å². The van der Waals surface area contributed by atoms with Crippen molar-refractivity contribution in [3.63, 3.8) is 0 Å². The maximum absolute atomic E-state index is 12.8. The Morgan fingerprint density at radius 2 is 1.88 bits per heavy atom. The van der Waals surface area contributed by atoms with E-state index in [1.807, 2.05) is 24.3 Å². The molecule has 1 aromatic carbocycles. The molecule has 5 heteroatoms. The van der Waals surface area contributed by atoms with Crippen molar-refractivity contribution in [2.75, 3.05) is 6.61 Å². The Bertz CT molecular complexity index is 841. The summed E-state index contributed by atoms with van der Waals surface area (Å²) in [4.78, 5) is 29.6. The van der Waals surface area contributed by atoms with Gasteiger partial charge in [0, 0.05) is 17.1 Å². The van der Waals surface area contributed by atoms with Gasteiger partial charge in [0.25, 0.3) is 5.91 Å². The Hall–Kier alpha value is -2.43. The number of benzene rings is 1. The summed E-state index contributed by atoms with van der Waals surface area (Å²) in [5.41, 5.74) is 3.38. The van der Waals surface area contributed by atoms with E-state index in [1.54, 1.807) is 0 Å². The van der Waals surface area contributed by atoms with Crippen molar-refractivity contribution >= 4 is 22.8 Å². The number of pyridine rings is 1. The first-order chi connectivity index (χ1) is 12.7. The van der Waals surface area contributed by atoms with Crippen LogP contribution in [0.25, 0.3) is 10.9 Å². The van der Waals surface area contributed by atoms with E-state index in [0.717, 1.165) is 67.1 Å². The lowest BCUT2D eigenvalue weighted by Gasteiger charge is -2.22. The Kier molecular flexibility index (Phi) is 4.87. The first-order valence-corrected chi connectivity index (χ1v) is 9.59. The van der Waals surface area contributed by atoms with Crippen LogP contribution >= 0.6 is 0 Å². The summed E-state index contributed by atoms with van der Waals surface area (Å²) in [7, 11) is 0. The summed E-state index contributed by atoms with van der Waals surface area (Å²) in [6, 6.07) is 7.86. The van der Waals surface area contributed by atoms with Gasteiger partial charge in [-0.3, -0.25) is 9.78 Å². The van der Waals surface area contributed by atoms with Gasteiger partial charge in [-0.1, -0.05) is 37.5 Å². The summed E-state index contributed by atoms with van der Waals surface area (Å²) in [5.74, 6) is -0.624. The number of nitrogens with zero attached hydrogens (tertiary/aromatic N) is 1. The molecule has 0 aliphatic heterocycles. The van der Waals surface area contributed by atoms with Crippen LogP contribution in [0, 0.1) is 0 Å². The van der Waals surface area contributed by atoms with Gasteiger partial charge in [0.05, 0.1) is 11.1 Å². The molecule has 0 bridgehead atoms. The summed E-state index contributed by atoms with van der Waals surface area (Å²) in [6.45, 7) is -0.221. The fourth-order valence-electron chi connectivity index (χ4n) is 4.16. The van der Waals surface area contributed by atoms with Crippen molar-refractivity contribution in [1.29, 1.82) is 0 Å². The van der Waals surface area contributed by atoms with Gasteiger partial charge in [0.1, 0.15) is 0 Å². The van der Waals surface area contributed by atoms with Crippen molar-refractivity contribution in [3.05, 3.63) is 41.1 Å². The topological polar surface area (TPSA) is 68.3 Å². The molecule has 1 aromatic heterocycles. The number of esters is 1. The predicted molar refractivity (Wildman–Crippen MR) is 99.1 cm³/mol. The molecule has 1 heterocycles. The lowest BCUT2D eigenvalue weighted by Crippen LogP contribution is -2.38. The minimum Gasteiger partial charge on any atom is -0.452 e. The number of aryl methyl sites for hydroxylation is 1. The quantitative estimate of drug-likeness (QED) is 0.857. The fourth-order valence-corrected chi connectivity index (χ4v) is 4.16. The van der Waals surface area contributed by atoms with Crippen LogP contribution in [0.15, 0.2) is 24.3 Å². The first kappa shape index (κ1) is 17.0. The van der Waals surface area contributed by atoms with Gasteiger partial charge in [-0.15, -0.1) is 0 Å². The molecule has 2 aromatic rings. The predicted octanol–water partition coefficient (Wildman–Crippen LogP) is 3.33. The highest BCUT2D eigenvalue weighted by atomic mass is 16.5. The molecule has 0 atom stereocenters. The zero-order valence-corrected chi connectivity index (χ0v) is 14.9. The van der Waals surface area contributed by atoms with Gasteiger partial charge in [-0.25, -0.2) is 4.79 Å². The monoisotopic (exact) mass is 352 g/mol. The summed E-state index contributed by atoms with van der Waals surface area (Å²) in [6.07, 6.45) is 8.31. The molecule has 2 aliphatic carbocycles. The maximum Gasteiger partial charge on any atom is 0.339 e. The van der Waals surface area contributed by atoms with E-state index in [1.165, 1.54) is 6.42 Å². The molecular weight excluding hydrogens is 328 g/mol. The summed E-state index contributed by atoms with van der Waals surface area (Å²) < 4.78 is 5.39. The third-order valence-corrected chi connectivity index (χ3v) is 5.43. The normalized spacial score (nSPS) is 17.1. The van der Waals surface area contributed by atoms with Gasteiger partial charge in [-0.2, -0.15) is 0 Å². The maximum atomic E-state index is 12.8. The number of carbonyl (C=O) groups excluding carboxylic acids is 2. The number of ether oxygens (including phenoxy) is 1. The number of aromatic nitrogens is 1. The average molecular weight is 352 g/mol. The minimum atomic E-state index is -0.416. The lowest BCUT2D eigenvalue weighted by atomic mass is 9.95. The number of amides is 1. The summed E-state index contributed by atoms with van der Waals surface area (Å²) >= 11 is 0. The standard InChI is InChI=1S/C21H24N2O3/c24-19(22-14-7-2-1-3-8-14)13-26-21(25)20-15-9-4-5-11-17(15)23-18-12-6-10-16(18)20/h4-5,9,11,14H,1-3,6-8,10,12-13H2,(H,22,24). The Morgan fingerprint density at radius 1 is 1.08 bits per heavy atom. The molecule has 2 aliphatic rings.